The number of rotatable bonds is 3. The van der Waals surface area contributed by atoms with Gasteiger partial charge in [-0.2, -0.15) is 0 Å². The van der Waals surface area contributed by atoms with Crippen LogP contribution >= 0.6 is 11.3 Å². The van der Waals surface area contributed by atoms with E-state index < -0.39 is 0 Å². The van der Waals surface area contributed by atoms with Gasteiger partial charge in [0.05, 0.1) is 11.3 Å². The first-order valence-electron chi connectivity index (χ1n) is 9.80. The minimum atomic E-state index is -0.144. The van der Waals surface area contributed by atoms with Crippen molar-refractivity contribution in [3.63, 3.8) is 0 Å². The Morgan fingerprint density at radius 2 is 1.89 bits per heavy atom. The fourth-order valence-corrected chi connectivity index (χ4v) is 4.58. The largest absolute Gasteiger partial charge is 0.310 e. The number of aromatic amines is 1. The van der Waals surface area contributed by atoms with Gasteiger partial charge in [0.25, 0.3) is 5.56 Å². The molecule has 0 bridgehead atoms. The maximum atomic E-state index is 12.6. The first-order chi connectivity index (χ1) is 13.3. The van der Waals surface area contributed by atoms with Gasteiger partial charge in [-0.1, -0.05) is 50.6 Å². The van der Waals surface area contributed by atoms with Crippen molar-refractivity contribution in [1.82, 2.24) is 14.9 Å². The number of fused-ring (bicyclic) bond motifs is 1. The van der Waals surface area contributed by atoms with E-state index in [-0.39, 0.29) is 11.0 Å². The Kier molecular flexibility index (Phi) is 4.98. The molecule has 4 rings (SSSR count). The Morgan fingerprint density at radius 3 is 2.61 bits per heavy atom. The van der Waals surface area contributed by atoms with Crippen molar-refractivity contribution in [2.75, 3.05) is 6.54 Å². The van der Waals surface area contributed by atoms with E-state index in [0.717, 1.165) is 36.6 Å². The van der Waals surface area contributed by atoms with E-state index in [9.17, 15) is 4.79 Å². The SMILES string of the molecule is Cc1ccc(-c2ccc(CN3CCc4nc(C(C)(C)C)[nH]c(=O)c4C3)s2)cc1. The van der Waals surface area contributed by atoms with E-state index >= 15 is 0 Å². The van der Waals surface area contributed by atoms with Gasteiger partial charge in [0.1, 0.15) is 5.82 Å². The molecule has 1 aliphatic rings. The summed E-state index contributed by atoms with van der Waals surface area (Å²) < 4.78 is 0. The van der Waals surface area contributed by atoms with Crippen LogP contribution < -0.4 is 5.56 Å². The van der Waals surface area contributed by atoms with Crippen LogP contribution in [-0.2, 0) is 24.9 Å². The van der Waals surface area contributed by atoms with Crippen molar-refractivity contribution in [2.24, 2.45) is 0 Å². The molecule has 4 nitrogen and oxygen atoms in total. The van der Waals surface area contributed by atoms with Crippen molar-refractivity contribution in [1.29, 1.82) is 0 Å². The molecule has 0 unspecified atom stereocenters. The van der Waals surface area contributed by atoms with Crippen molar-refractivity contribution in [3.05, 3.63) is 74.3 Å². The summed E-state index contributed by atoms with van der Waals surface area (Å²) in [6, 6.07) is 13.1. The minimum absolute atomic E-state index is 0.0196. The molecule has 1 N–H and O–H groups in total. The van der Waals surface area contributed by atoms with E-state index in [1.54, 1.807) is 0 Å². The third kappa shape index (κ3) is 3.96. The molecule has 5 heteroatoms. The number of nitrogens with one attached hydrogen (secondary N) is 1. The van der Waals surface area contributed by atoms with Crippen LogP contribution in [0.2, 0.25) is 0 Å². The molecule has 146 valence electrons. The number of hydrogen-bond donors (Lipinski definition) is 1. The quantitative estimate of drug-likeness (QED) is 0.704. The Hall–Kier alpha value is -2.24. The highest BCUT2D eigenvalue weighted by Crippen LogP contribution is 2.30. The van der Waals surface area contributed by atoms with Gasteiger partial charge < -0.3 is 4.98 Å². The molecule has 0 aliphatic carbocycles. The van der Waals surface area contributed by atoms with E-state index in [0.29, 0.717) is 6.54 Å². The molecule has 3 aromatic rings. The van der Waals surface area contributed by atoms with Gasteiger partial charge in [-0.3, -0.25) is 9.69 Å². The summed E-state index contributed by atoms with van der Waals surface area (Å²) in [5, 5.41) is 0. The molecule has 0 atom stereocenters. The first kappa shape index (κ1) is 19.1. The Bertz CT molecular complexity index is 1040. The molecule has 2 aromatic heterocycles. The number of benzene rings is 1. The summed E-state index contributed by atoms with van der Waals surface area (Å²) in [5.41, 5.74) is 4.22. The zero-order valence-electron chi connectivity index (χ0n) is 17.0. The predicted octanol–water partition coefficient (Wildman–Crippen LogP) is 4.66. The Morgan fingerprint density at radius 1 is 1.14 bits per heavy atom. The summed E-state index contributed by atoms with van der Waals surface area (Å²) in [7, 11) is 0. The fraction of sp³-hybridized carbons (Fsp3) is 0.391. The second-order valence-corrected chi connectivity index (χ2v) is 9.85. The highest BCUT2D eigenvalue weighted by Gasteiger charge is 2.25. The molecular weight excluding hydrogens is 366 g/mol. The summed E-state index contributed by atoms with van der Waals surface area (Å²) in [4.78, 5) is 25.4. The Balaban J connectivity index is 1.50. The molecule has 28 heavy (non-hydrogen) atoms. The van der Waals surface area contributed by atoms with Crippen LogP contribution in [0.3, 0.4) is 0 Å². The average molecular weight is 394 g/mol. The van der Waals surface area contributed by atoms with Crippen LogP contribution in [0.4, 0.5) is 0 Å². The van der Waals surface area contributed by atoms with Gasteiger partial charge in [0, 0.05) is 41.2 Å². The van der Waals surface area contributed by atoms with Gasteiger partial charge in [-0.25, -0.2) is 4.98 Å². The average Bonchev–Trinajstić information content (AvgIpc) is 3.10. The van der Waals surface area contributed by atoms with Crippen molar-refractivity contribution < 1.29 is 0 Å². The lowest BCUT2D eigenvalue weighted by Gasteiger charge is -2.28. The van der Waals surface area contributed by atoms with Crippen LogP contribution in [0, 0.1) is 6.92 Å². The molecule has 1 aromatic carbocycles. The summed E-state index contributed by atoms with van der Waals surface area (Å²) in [6.07, 6.45) is 0.832. The second kappa shape index (κ2) is 7.30. The molecule has 0 saturated carbocycles. The summed E-state index contributed by atoms with van der Waals surface area (Å²) >= 11 is 1.83. The number of aryl methyl sites for hydroxylation is 1. The standard InChI is InChI=1S/C23H27N3OS/c1-15-5-7-16(8-6-15)20-10-9-17(28-20)13-26-12-11-19-18(14-26)21(27)25-22(24-19)23(2,3)4/h5-10H,11-14H2,1-4H3,(H,24,25,27). The molecular formula is C23H27N3OS. The fourth-order valence-electron chi connectivity index (χ4n) is 3.53. The van der Waals surface area contributed by atoms with Gasteiger partial charge >= 0.3 is 0 Å². The molecule has 0 fully saturated rings. The van der Waals surface area contributed by atoms with E-state index in [2.05, 4.69) is 74.0 Å². The molecule has 0 saturated heterocycles. The third-order valence-corrected chi connectivity index (χ3v) is 6.35. The third-order valence-electron chi connectivity index (χ3n) is 5.24. The Labute approximate surface area is 170 Å². The van der Waals surface area contributed by atoms with Gasteiger partial charge in [-0.15, -0.1) is 11.3 Å². The minimum Gasteiger partial charge on any atom is -0.310 e. The zero-order valence-corrected chi connectivity index (χ0v) is 17.8. The second-order valence-electron chi connectivity index (χ2n) is 8.68. The zero-order chi connectivity index (χ0) is 19.9. The van der Waals surface area contributed by atoms with Crippen LogP contribution in [0.15, 0.2) is 41.2 Å². The number of aromatic nitrogens is 2. The number of nitrogens with zero attached hydrogens (tertiary/aromatic N) is 2. The first-order valence-corrected chi connectivity index (χ1v) is 10.6. The summed E-state index contributed by atoms with van der Waals surface area (Å²) in [5.74, 6) is 0.783. The van der Waals surface area contributed by atoms with Gasteiger partial charge in [0.2, 0.25) is 0 Å². The highest BCUT2D eigenvalue weighted by atomic mass is 32.1. The number of H-pyrrole nitrogens is 1. The van der Waals surface area contributed by atoms with Gasteiger partial charge in [-0.05, 0) is 24.6 Å². The topological polar surface area (TPSA) is 49.0 Å². The monoisotopic (exact) mass is 393 g/mol. The molecule has 0 radical (unpaired) electrons. The molecule has 1 aliphatic heterocycles. The number of thiophene rings is 1. The van der Waals surface area contributed by atoms with Crippen LogP contribution in [0.25, 0.3) is 10.4 Å². The maximum absolute atomic E-state index is 12.6. The van der Waals surface area contributed by atoms with E-state index in [1.807, 2.05) is 11.3 Å². The van der Waals surface area contributed by atoms with Crippen molar-refractivity contribution in [2.45, 2.75) is 52.6 Å². The highest BCUT2D eigenvalue weighted by molar-refractivity contribution is 7.15. The maximum Gasteiger partial charge on any atom is 0.255 e. The lowest BCUT2D eigenvalue weighted by atomic mass is 9.95. The van der Waals surface area contributed by atoms with Gasteiger partial charge in [0.15, 0.2) is 0 Å². The van der Waals surface area contributed by atoms with Crippen molar-refractivity contribution >= 4 is 11.3 Å². The molecule has 0 spiro atoms. The molecule has 3 heterocycles. The number of hydrogen-bond acceptors (Lipinski definition) is 4. The summed E-state index contributed by atoms with van der Waals surface area (Å²) in [6.45, 7) is 10.8. The van der Waals surface area contributed by atoms with Crippen LogP contribution in [0.1, 0.15) is 48.3 Å². The van der Waals surface area contributed by atoms with Crippen LogP contribution in [-0.4, -0.2) is 21.4 Å². The normalized spacial score (nSPS) is 14.9. The smallest absolute Gasteiger partial charge is 0.255 e. The van der Waals surface area contributed by atoms with E-state index in [4.69, 9.17) is 4.98 Å². The van der Waals surface area contributed by atoms with Crippen molar-refractivity contribution in [3.8, 4) is 10.4 Å². The lowest BCUT2D eigenvalue weighted by Crippen LogP contribution is -2.36. The van der Waals surface area contributed by atoms with Crippen LogP contribution in [0.5, 0.6) is 0 Å². The van der Waals surface area contributed by atoms with E-state index in [1.165, 1.54) is 20.9 Å². The molecule has 0 amide bonds. The lowest BCUT2D eigenvalue weighted by molar-refractivity contribution is 0.243. The predicted molar refractivity (Wildman–Crippen MR) is 116 cm³/mol.